The zero-order chi connectivity index (χ0) is 13.6. The highest BCUT2D eigenvalue weighted by Gasteiger charge is 2.24. The second-order valence-electron chi connectivity index (χ2n) is 4.90. The number of hydrogen-bond acceptors (Lipinski definition) is 5. The molecule has 0 fully saturated rings. The predicted molar refractivity (Wildman–Crippen MR) is 63.5 cm³/mol. The monoisotopic (exact) mass is 246 g/mol. The lowest BCUT2D eigenvalue weighted by molar-refractivity contribution is -0.157. The lowest BCUT2D eigenvalue weighted by Gasteiger charge is -2.22. The number of likely N-dealkylation sites (N-methyl/N-ethyl adjacent to an activating group) is 1. The number of carboxylic acid groups (broad SMARTS) is 1. The van der Waals surface area contributed by atoms with E-state index in [0.29, 0.717) is 0 Å². The van der Waals surface area contributed by atoms with Crippen molar-refractivity contribution in [3.05, 3.63) is 0 Å². The number of esters is 1. The standard InChI is InChI=1S/C11H22N2O4/c1-11(2,3)17-10(16)7(12)5-6-8(13-4)9(14)15/h7-8,13H,5-6,12H2,1-4H3,(H,14,15)/t7?,8-/m0/s1. The number of nitrogens with two attached hydrogens (primary N) is 1. The van der Waals surface area contributed by atoms with Gasteiger partial charge in [-0.2, -0.15) is 0 Å². The largest absolute Gasteiger partial charge is 0.480 e. The number of carboxylic acids is 1. The predicted octanol–water partition coefficient (Wildman–Crippen LogP) is 0.108. The van der Waals surface area contributed by atoms with Crippen molar-refractivity contribution < 1.29 is 19.4 Å². The van der Waals surface area contributed by atoms with Gasteiger partial charge in [0, 0.05) is 0 Å². The molecule has 0 bridgehead atoms. The summed E-state index contributed by atoms with van der Waals surface area (Å²) in [6, 6.07) is -1.48. The first kappa shape index (κ1) is 15.9. The molecular formula is C11H22N2O4. The Balaban J connectivity index is 4.13. The van der Waals surface area contributed by atoms with E-state index in [9.17, 15) is 9.59 Å². The molecule has 6 nitrogen and oxygen atoms in total. The maximum Gasteiger partial charge on any atom is 0.323 e. The van der Waals surface area contributed by atoms with Crippen LogP contribution >= 0.6 is 0 Å². The number of ether oxygens (including phenoxy) is 1. The van der Waals surface area contributed by atoms with Gasteiger partial charge < -0.3 is 20.9 Å². The van der Waals surface area contributed by atoms with Gasteiger partial charge in [0.2, 0.25) is 0 Å². The van der Waals surface area contributed by atoms with Crippen LogP contribution in [-0.2, 0) is 14.3 Å². The van der Waals surface area contributed by atoms with Crippen molar-refractivity contribution in [3.8, 4) is 0 Å². The zero-order valence-corrected chi connectivity index (χ0v) is 10.8. The molecule has 0 aromatic rings. The Hall–Kier alpha value is -1.14. The van der Waals surface area contributed by atoms with Crippen LogP contribution in [0, 0.1) is 0 Å². The van der Waals surface area contributed by atoms with Gasteiger partial charge in [-0.05, 0) is 40.7 Å². The smallest absolute Gasteiger partial charge is 0.323 e. The Kier molecular flexibility index (Phi) is 6.12. The van der Waals surface area contributed by atoms with Crippen molar-refractivity contribution in [2.75, 3.05) is 7.05 Å². The Morgan fingerprint density at radius 1 is 1.35 bits per heavy atom. The van der Waals surface area contributed by atoms with E-state index in [4.69, 9.17) is 15.6 Å². The minimum Gasteiger partial charge on any atom is -0.480 e. The fourth-order valence-electron chi connectivity index (χ4n) is 1.23. The van der Waals surface area contributed by atoms with Crippen molar-refractivity contribution >= 4 is 11.9 Å². The summed E-state index contributed by atoms with van der Waals surface area (Å²) < 4.78 is 5.09. The Morgan fingerprint density at radius 3 is 2.24 bits per heavy atom. The fraction of sp³-hybridized carbons (Fsp3) is 0.818. The first-order valence-electron chi connectivity index (χ1n) is 5.56. The molecule has 0 aromatic heterocycles. The molecule has 2 atom stereocenters. The van der Waals surface area contributed by atoms with E-state index in [1.165, 1.54) is 0 Å². The van der Waals surface area contributed by atoms with Gasteiger partial charge in [0.25, 0.3) is 0 Å². The second kappa shape index (κ2) is 6.56. The molecular weight excluding hydrogens is 224 g/mol. The van der Waals surface area contributed by atoms with E-state index in [1.54, 1.807) is 27.8 Å². The molecule has 0 radical (unpaired) electrons. The summed E-state index contributed by atoms with van der Waals surface area (Å²) in [7, 11) is 1.55. The van der Waals surface area contributed by atoms with E-state index in [0.717, 1.165) is 0 Å². The maximum absolute atomic E-state index is 11.5. The van der Waals surface area contributed by atoms with Gasteiger partial charge in [-0.25, -0.2) is 0 Å². The molecule has 0 aliphatic heterocycles. The van der Waals surface area contributed by atoms with Crippen LogP contribution < -0.4 is 11.1 Å². The molecule has 100 valence electrons. The minimum absolute atomic E-state index is 0.271. The molecule has 0 aromatic carbocycles. The number of hydrogen-bond donors (Lipinski definition) is 3. The molecule has 4 N–H and O–H groups in total. The molecule has 0 heterocycles. The summed E-state index contributed by atoms with van der Waals surface area (Å²) in [5.41, 5.74) is 5.05. The van der Waals surface area contributed by atoms with E-state index < -0.39 is 29.6 Å². The van der Waals surface area contributed by atoms with Crippen molar-refractivity contribution in [3.63, 3.8) is 0 Å². The van der Waals surface area contributed by atoms with Crippen LogP contribution in [-0.4, -0.2) is 41.8 Å². The normalized spacial score (nSPS) is 15.1. The molecule has 6 heteroatoms. The van der Waals surface area contributed by atoms with Crippen molar-refractivity contribution in [1.29, 1.82) is 0 Å². The molecule has 0 amide bonds. The summed E-state index contributed by atoms with van der Waals surface area (Å²) in [5.74, 6) is -1.46. The molecule has 0 saturated carbocycles. The van der Waals surface area contributed by atoms with Gasteiger partial charge in [-0.3, -0.25) is 9.59 Å². The fourth-order valence-corrected chi connectivity index (χ4v) is 1.23. The lowest BCUT2D eigenvalue weighted by Crippen LogP contribution is -2.40. The Bertz CT molecular complexity index is 273. The Morgan fingerprint density at radius 2 is 1.88 bits per heavy atom. The van der Waals surface area contributed by atoms with Gasteiger partial charge in [-0.1, -0.05) is 0 Å². The second-order valence-corrected chi connectivity index (χ2v) is 4.90. The van der Waals surface area contributed by atoms with Gasteiger partial charge in [0.05, 0.1) is 0 Å². The zero-order valence-electron chi connectivity index (χ0n) is 10.8. The summed E-state index contributed by atoms with van der Waals surface area (Å²) in [6.07, 6.45) is 0.555. The summed E-state index contributed by atoms with van der Waals surface area (Å²) in [4.78, 5) is 22.2. The molecule has 0 aliphatic rings. The minimum atomic E-state index is -0.955. The first-order chi connectivity index (χ1) is 7.67. The highest BCUT2D eigenvalue weighted by Crippen LogP contribution is 2.10. The quantitative estimate of drug-likeness (QED) is 0.575. The van der Waals surface area contributed by atoms with Crippen LogP contribution in [0.3, 0.4) is 0 Å². The highest BCUT2D eigenvalue weighted by molar-refractivity contribution is 5.76. The first-order valence-corrected chi connectivity index (χ1v) is 5.56. The van der Waals surface area contributed by atoms with Gasteiger partial charge in [0.15, 0.2) is 0 Å². The average molecular weight is 246 g/mol. The van der Waals surface area contributed by atoms with Crippen LogP contribution in [0.25, 0.3) is 0 Å². The van der Waals surface area contributed by atoms with Crippen LogP contribution in [0.1, 0.15) is 33.6 Å². The maximum atomic E-state index is 11.5. The molecule has 0 aliphatic carbocycles. The Labute approximate surface area is 102 Å². The number of aliphatic carboxylic acids is 1. The van der Waals surface area contributed by atoms with Gasteiger partial charge in [0.1, 0.15) is 17.7 Å². The van der Waals surface area contributed by atoms with Crippen LogP contribution in [0.2, 0.25) is 0 Å². The summed E-state index contributed by atoms with van der Waals surface area (Å²) >= 11 is 0. The topological polar surface area (TPSA) is 102 Å². The van der Waals surface area contributed by atoms with Crippen molar-refractivity contribution in [2.24, 2.45) is 5.73 Å². The van der Waals surface area contributed by atoms with Gasteiger partial charge in [-0.15, -0.1) is 0 Å². The number of carbonyl (C=O) groups excluding carboxylic acids is 1. The lowest BCUT2D eigenvalue weighted by atomic mass is 10.1. The van der Waals surface area contributed by atoms with Crippen molar-refractivity contribution in [1.82, 2.24) is 5.32 Å². The highest BCUT2D eigenvalue weighted by atomic mass is 16.6. The number of nitrogens with one attached hydrogen (secondary N) is 1. The third-order valence-electron chi connectivity index (χ3n) is 2.12. The van der Waals surface area contributed by atoms with Gasteiger partial charge >= 0.3 is 11.9 Å². The SMILES string of the molecule is CN[C@@H](CCC(N)C(=O)OC(C)(C)C)C(=O)O. The molecule has 0 saturated heterocycles. The van der Waals surface area contributed by atoms with E-state index in [1.807, 2.05) is 0 Å². The number of carbonyl (C=O) groups is 2. The van der Waals surface area contributed by atoms with E-state index in [2.05, 4.69) is 5.32 Å². The third kappa shape index (κ3) is 6.91. The summed E-state index contributed by atoms with van der Waals surface area (Å²) in [6.45, 7) is 5.27. The van der Waals surface area contributed by atoms with Crippen LogP contribution in [0.4, 0.5) is 0 Å². The number of rotatable bonds is 6. The molecule has 0 spiro atoms. The van der Waals surface area contributed by atoms with E-state index >= 15 is 0 Å². The van der Waals surface area contributed by atoms with E-state index in [-0.39, 0.29) is 12.8 Å². The molecule has 17 heavy (non-hydrogen) atoms. The van der Waals surface area contributed by atoms with Crippen LogP contribution in [0.15, 0.2) is 0 Å². The van der Waals surface area contributed by atoms with Crippen LogP contribution in [0.5, 0.6) is 0 Å². The molecule has 0 rings (SSSR count). The van der Waals surface area contributed by atoms with Crippen molar-refractivity contribution in [2.45, 2.75) is 51.3 Å². The third-order valence-corrected chi connectivity index (χ3v) is 2.12. The summed E-state index contributed by atoms with van der Waals surface area (Å²) in [5, 5.41) is 11.4. The average Bonchev–Trinajstić information content (AvgIpc) is 2.15. The molecule has 1 unspecified atom stereocenters.